The molecular weight excluding hydrogens is 328 g/mol. The van der Waals surface area contributed by atoms with Crippen molar-refractivity contribution in [1.29, 1.82) is 0 Å². The molecule has 0 unspecified atom stereocenters. The summed E-state index contributed by atoms with van der Waals surface area (Å²) in [7, 11) is 0. The standard InChI is InChI=1S/C26H24O/c1-26(2,3)22-14-13-21(15-22)23-16-19-11-7-8-12-20(19)17-24(23)25(27)18-9-5-4-6-10-18/h4-12,14-17H,13H2,1-3H3. The van der Waals surface area contributed by atoms with Crippen molar-refractivity contribution in [2.24, 2.45) is 5.41 Å². The van der Waals surface area contributed by atoms with E-state index in [9.17, 15) is 4.79 Å². The van der Waals surface area contributed by atoms with Gasteiger partial charge in [-0.3, -0.25) is 4.79 Å². The lowest BCUT2D eigenvalue weighted by Gasteiger charge is -2.18. The van der Waals surface area contributed by atoms with Crippen LogP contribution in [0.15, 0.2) is 84.5 Å². The number of benzene rings is 3. The van der Waals surface area contributed by atoms with Crippen molar-refractivity contribution in [3.05, 3.63) is 101 Å². The Balaban J connectivity index is 1.88. The van der Waals surface area contributed by atoms with Gasteiger partial charge in [0.05, 0.1) is 0 Å². The number of hydrogen-bond donors (Lipinski definition) is 0. The van der Waals surface area contributed by atoms with Crippen LogP contribution >= 0.6 is 0 Å². The Morgan fingerprint density at radius 1 is 0.852 bits per heavy atom. The summed E-state index contributed by atoms with van der Waals surface area (Å²) in [5.74, 6) is 0.0847. The lowest BCUT2D eigenvalue weighted by molar-refractivity contribution is 0.103. The lowest BCUT2D eigenvalue weighted by Crippen LogP contribution is -2.06. The Morgan fingerprint density at radius 3 is 2.11 bits per heavy atom. The molecule has 0 spiro atoms. The van der Waals surface area contributed by atoms with E-state index in [2.05, 4.69) is 57.2 Å². The van der Waals surface area contributed by atoms with Gasteiger partial charge >= 0.3 is 0 Å². The van der Waals surface area contributed by atoms with Crippen molar-refractivity contribution in [3.63, 3.8) is 0 Å². The summed E-state index contributed by atoms with van der Waals surface area (Å²) >= 11 is 0. The molecule has 0 aliphatic heterocycles. The van der Waals surface area contributed by atoms with E-state index < -0.39 is 0 Å². The third-order valence-corrected chi connectivity index (χ3v) is 5.25. The van der Waals surface area contributed by atoms with Crippen LogP contribution in [0, 0.1) is 5.41 Å². The topological polar surface area (TPSA) is 17.1 Å². The van der Waals surface area contributed by atoms with E-state index >= 15 is 0 Å². The van der Waals surface area contributed by atoms with Gasteiger partial charge < -0.3 is 0 Å². The minimum Gasteiger partial charge on any atom is -0.289 e. The van der Waals surface area contributed by atoms with Gasteiger partial charge in [0.2, 0.25) is 0 Å². The summed E-state index contributed by atoms with van der Waals surface area (Å²) < 4.78 is 0. The first-order chi connectivity index (χ1) is 12.9. The average Bonchev–Trinajstić information content (AvgIpc) is 3.18. The van der Waals surface area contributed by atoms with Crippen molar-refractivity contribution in [2.75, 3.05) is 0 Å². The molecule has 27 heavy (non-hydrogen) atoms. The number of ketones is 1. The van der Waals surface area contributed by atoms with E-state index in [0.29, 0.717) is 0 Å². The molecule has 1 nitrogen and oxygen atoms in total. The Kier molecular flexibility index (Phi) is 4.31. The van der Waals surface area contributed by atoms with Gasteiger partial charge in [0.1, 0.15) is 0 Å². The molecule has 0 amide bonds. The molecule has 0 radical (unpaired) electrons. The molecule has 0 atom stereocenters. The zero-order valence-electron chi connectivity index (χ0n) is 16.1. The first kappa shape index (κ1) is 17.5. The summed E-state index contributed by atoms with van der Waals surface area (Å²) in [5, 5.41) is 2.27. The summed E-state index contributed by atoms with van der Waals surface area (Å²) in [5.41, 5.74) is 5.25. The number of allylic oxidation sites excluding steroid dienone is 4. The largest absolute Gasteiger partial charge is 0.289 e. The van der Waals surface area contributed by atoms with Crippen LogP contribution in [0.2, 0.25) is 0 Å². The second-order valence-corrected chi connectivity index (χ2v) is 8.22. The second-order valence-electron chi connectivity index (χ2n) is 8.22. The van der Waals surface area contributed by atoms with E-state index in [1.54, 1.807) is 0 Å². The lowest BCUT2D eigenvalue weighted by atomic mass is 9.86. The summed E-state index contributed by atoms with van der Waals surface area (Å²) in [6, 6.07) is 22.0. The second kappa shape index (κ2) is 6.66. The smallest absolute Gasteiger partial charge is 0.193 e. The maximum atomic E-state index is 13.3. The maximum absolute atomic E-state index is 13.3. The van der Waals surface area contributed by atoms with Gasteiger partial charge in [-0.05, 0) is 51.5 Å². The van der Waals surface area contributed by atoms with Crippen LogP contribution in [0.25, 0.3) is 16.3 Å². The number of carbonyl (C=O) groups is 1. The molecule has 0 saturated heterocycles. The van der Waals surface area contributed by atoms with E-state index in [4.69, 9.17) is 0 Å². The fraction of sp³-hybridized carbons (Fsp3) is 0.192. The third kappa shape index (κ3) is 3.38. The number of rotatable bonds is 3. The van der Waals surface area contributed by atoms with Crippen LogP contribution in [0.4, 0.5) is 0 Å². The highest BCUT2D eigenvalue weighted by Crippen LogP contribution is 2.38. The minimum atomic E-state index is 0.0847. The van der Waals surface area contributed by atoms with Crippen molar-refractivity contribution < 1.29 is 4.79 Å². The number of fused-ring (bicyclic) bond motifs is 1. The van der Waals surface area contributed by atoms with Gasteiger partial charge in [-0.25, -0.2) is 0 Å². The Labute approximate surface area is 161 Å². The van der Waals surface area contributed by atoms with Gasteiger partial charge in [0.25, 0.3) is 0 Å². The minimum absolute atomic E-state index is 0.0847. The van der Waals surface area contributed by atoms with Gasteiger partial charge in [-0.1, -0.05) is 87.5 Å². The SMILES string of the molecule is CC(C)(C)C1=CCC(c2cc3ccccc3cc2C(=O)c2ccccc2)=C1. The van der Waals surface area contributed by atoms with E-state index in [0.717, 1.165) is 28.5 Å². The molecule has 3 aromatic rings. The van der Waals surface area contributed by atoms with E-state index in [1.165, 1.54) is 16.5 Å². The molecule has 1 heteroatoms. The zero-order valence-corrected chi connectivity index (χ0v) is 16.1. The molecule has 1 aliphatic rings. The number of hydrogen-bond acceptors (Lipinski definition) is 1. The maximum Gasteiger partial charge on any atom is 0.193 e. The van der Waals surface area contributed by atoms with Crippen LogP contribution in [-0.2, 0) is 0 Å². The molecule has 0 bridgehead atoms. The van der Waals surface area contributed by atoms with Gasteiger partial charge in [0.15, 0.2) is 5.78 Å². The van der Waals surface area contributed by atoms with Gasteiger partial charge in [-0.15, -0.1) is 0 Å². The molecule has 3 aromatic carbocycles. The highest BCUT2D eigenvalue weighted by atomic mass is 16.1. The van der Waals surface area contributed by atoms with Crippen molar-refractivity contribution in [1.82, 2.24) is 0 Å². The average molecular weight is 352 g/mol. The Morgan fingerprint density at radius 2 is 1.48 bits per heavy atom. The molecule has 0 N–H and O–H groups in total. The zero-order chi connectivity index (χ0) is 19.0. The van der Waals surface area contributed by atoms with Crippen LogP contribution in [0.1, 0.15) is 48.7 Å². The predicted molar refractivity (Wildman–Crippen MR) is 114 cm³/mol. The van der Waals surface area contributed by atoms with Crippen molar-refractivity contribution in [2.45, 2.75) is 27.2 Å². The Bertz CT molecular complexity index is 1080. The molecule has 1 aliphatic carbocycles. The summed E-state index contributed by atoms with van der Waals surface area (Å²) in [6.07, 6.45) is 5.44. The first-order valence-electron chi connectivity index (χ1n) is 9.47. The number of carbonyl (C=O) groups excluding carboxylic acids is 1. The van der Waals surface area contributed by atoms with Crippen molar-refractivity contribution >= 4 is 22.1 Å². The van der Waals surface area contributed by atoms with Crippen LogP contribution in [0.3, 0.4) is 0 Å². The van der Waals surface area contributed by atoms with E-state index in [-0.39, 0.29) is 11.2 Å². The van der Waals surface area contributed by atoms with Gasteiger partial charge in [-0.2, -0.15) is 0 Å². The first-order valence-corrected chi connectivity index (χ1v) is 9.47. The highest BCUT2D eigenvalue weighted by molar-refractivity contribution is 6.14. The van der Waals surface area contributed by atoms with Crippen molar-refractivity contribution in [3.8, 4) is 0 Å². The molecule has 0 fully saturated rings. The Hall–Kier alpha value is -2.93. The molecule has 0 saturated carbocycles. The molecular formula is C26H24O. The predicted octanol–water partition coefficient (Wildman–Crippen LogP) is 6.83. The fourth-order valence-corrected chi connectivity index (χ4v) is 3.67. The summed E-state index contributed by atoms with van der Waals surface area (Å²) in [4.78, 5) is 13.3. The fourth-order valence-electron chi connectivity index (χ4n) is 3.67. The molecule has 0 heterocycles. The van der Waals surface area contributed by atoms with Crippen LogP contribution < -0.4 is 0 Å². The third-order valence-electron chi connectivity index (χ3n) is 5.25. The molecule has 134 valence electrons. The molecule has 4 rings (SSSR count). The monoisotopic (exact) mass is 352 g/mol. The normalized spacial score (nSPS) is 14.2. The summed E-state index contributed by atoms with van der Waals surface area (Å²) in [6.45, 7) is 6.69. The van der Waals surface area contributed by atoms with Crippen LogP contribution in [0.5, 0.6) is 0 Å². The van der Waals surface area contributed by atoms with Crippen LogP contribution in [-0.4, -0.2) is 5.78 Å². The van der Waals surface area contributed by atoms with Gasteiger partial charge in [0, 0.05) is 11.1 Å². The van der Waals surface area contributed by atoms with E-state index in [1.807, 2.05) is 42.5 Å². The highest BCUT2D eigenvalue weighted by Gasteiger charge is 2.23. The molecule has 0 aromatic heterocycles. The quantitative estimate of drug-likeness (QED) is 0.472.